The number of nitrogens with zero attached hydrogens (tertiary/aromatic N) is 2. The van der Waals surface area contributed by atoms with Gasteiger partial charge in [-0.25, -0.2) is 0 Å². The van der Waals surface area contributed by atoms with Gasteiger partial charge >= 0.3 is 0 Å². The SMILES string of the molecule is N#Cc1cn(CCCO)c2cc(Br)ccc12. The molecule has 0 unspecified atom stereocenters. The molecule has 1 aromatic carbocycles. The number of aryl methyl sites for hydroxylation is 1. The molecule has 4 heteroatoms. The van der Waals surface area contributed by atoms with E-state index >= 15 is 0 Å². The number of aromatic nitrogens is 1. The lowest BCUT2D eigenvalue weighted by Crippen LogP contribution is -1.98. The Kier molecular flexibility index (Phi) is 3.28. The summed E-state index contributed by atoms with van der Waals surface area (Å²) in [5.41, 5.74) is 1.71. The minimum absolute atomic E-state index is 0.162. The molecule has 0 bridgehead atoms. The maximum atomic E-state index is 9.02. The zero-order chi connectivity index (χ0) is 11.5. The van der Waals surface area contributed by atoms with Crippen molar-refractivity contribution in [2.24, 2.45) is 0 Å². The minimum atomic E-state index is 0.162. The van der Waals surface area contributed by atoms with Crippen molar-refractivity contribution in [3.63, 3.8) is 0 Å². The van der Waals surface area contributed by atoms with Crippen LogP contribution in [0.1, 0.15) is 12.0 Å². The average molecular weight is 279 g/mol. The lowest BCUT2D eigenvalue weighted by atomic mass is 10.2. The van der Waals surface area contributed by atoms with Gasteiger partial charge in [-0.05, 0) is 18.6 Å². The summed E-state index contributed by atoms with van der Waals surface area (Å²) in [6.07, 6.45) is 2.54. The molecule has 0 fully saturated rings. The highest BCUT2D eigenvalue weighted by atomic mass is 79.9. The molecule has 0 spiro atoms. The highest BCUT2D eigenvalue weighted by molar-refractivity contribution is 9.10. The Bertz CT molecular complexity index is 554. The van der Waals surface area contributed by atoms with Crippen molar-refractivity contribution < 1.29 is 5.11 Å². The number of aliphatic hydroxyl groups excluding tert-OH is 1. The van der Waals surface area contributed by atoms with Gasteiger partial charge in [-0.15, -0.1) is 0 Å². The maximum absolute atomic E-state index is 9.02. The smallest absolute Gasteiger partial charge is 0.101 e. The van der Waals surface area contributed by atoms with Crippen molar-refractivity contribution in [1.82, 2.24) is 4.57 Å². The Hall–Kier alpha value is -1.31. The Morgan fingerprint density at radius 3 is 2.94 bits per heavy atom. The van der Waals surface area contributed by atoms with E-state index in [-0.39, 0.29) is 6.61 Å². The highest BCUT2D eigenvalue weighted by Gasteiger charge is 2.07. The lowest BCUT2D eigenvalue weighted by Gasteiger charge is -2.03. The Labute approximate surface area is 102 Å². The largest absolute Gasteiger partial charge is 0.396 e. The molecule has 1 N–H and O–H groups in total. The Balaban J connectivity index is 2.56. The number of hydrogen-bond acceptors (Lipinski definition) is 2. The monoisotopic (exact) mass is 278 g/mol. The van der Waals surface area contributed by atoms with Crippen LogP contribution in [0.2, 0.25) is 0 Å². The number of aliphatic hydroxyl groups is 1. The summed E-state index contributed by atoms with van der Waals surface area (Å²) < 4.78 is 3.00. The van der Waals surface area contributed by atoms with E-state index in [2.05, 4.69) is 22.0 Å². The van der Waals surface area contributed by atoms with Gasteiger partial charge in [0.1, 0.15) is 6.07 Å². The summed E-state index contributed by atoms with van der Waals surface area (Å²) in [6, 6.07) is 8.05. The third kappa shape index (κ3) is 1.97. The number of nitriles is 1. The topological polar surface area (TPSA) is 49.0 Å². The highest BCUT2D eigenvalue weighted by Crippen LogP contribution is 2.24. The summed E-state index contributed by atoms with van der Waals surface area (Å²) >= 11 is 3.42. The zero-order valence-corrected chi connectivity index (χ0v) is 10.2. The van der Waals surface area contributed by atoms with Gasteiger partial charge in [-0.3, -0.25) is 0 Å². The molecule has 2 aromatic rings. The fourth-order valence-electron chi connectivity index (χ4n) is 1.78. The molecule has 0 radical (unpaired) electrons. The first-order chi connectivity index (χ1) is 7.76. The molecule has 82 valence electrons. The van der Waals surface area contributed by atoms with Gasteiger partial charge in [0.15, 0.2) is 0 Å². The van der Waals surface area contributed by atoms with Crippen LogP contribution in [0.3, 0.4) is 0 Å². The van der Waals surface area contributed by atoms with Crippen LogP contribution in [-0.2, 0) is 6.54 Å². The summed E-state index contributed by atoms with van der Waals surface area (Å²) in [5.74, 6) is 0. The lowest BCUT2D eigenvalue weighted by molar-refractivity contribution is 0.280. The third-order valence-corrected chi connectivity index (χ3v) is 3.02. The van der Waals surface area contributed by atoms with Crippen LogP contribution in [0, 0.1) is 11.3 Å². The van der Waals surface area contributed by atoms with Gasteiger partial charge in [0, 0.05) is 29.2 Å². The van der Waals surface area contributed by atoms with Gasteiger partial charge in [-0.1, -0.05) is 22.0 Å². The van der Waals surface area contributed by atoms with Gasteiger partial charge in [0.25, 0.3) is 0 Å². The Morgan fingerprint density at radius 2 is 2.25 bits per heavy atom. The normalized spacial score (nSPS) is 10.6. The van der Waals surface area contributed by atoms with Crippen LogP contribution in [0.4, 0.5) is 0 Å². The van der Waals surface area contributed by atoms with Crippen molar-refractivity contribution in [1.29, 1.82) is 5.26 Å². The van der Waals surface area contributed by atoms with E-state index < -0.39 is 0 Å². The molecule has 0 aliphatic heterocycles. The first kappa shape index (κ1) is 11.2. The van der Waals surface area contributed by atoms with Gasteiger partial charge in [-0.2, -0.15) is 5.26 Å². The van der Waals surface area contributed by atoms with Crippen molar-refractivity contribution in [2.45, 2.75) is 13.0 Å². The first-order valence-corrected chi connectivity index (χ1v) is 5.85. The van der Waals surface area contributed by atoms with E-state index in [1.54, 1.807) is 0 Å². The molecule has 0 aliphatic carbocycles. The van der Waals surface area contributed by atoms with Crippen LogP contribution in [0.15, 0.2) is 28.9 Å². The van der Waals surface area contributed by atoms with E-state index in [0.717, 1.165) is 21.9 Å². The standard InChI is InChI=1S/C12H11BrN2O/c13-10-2-3-11-9(7-14)8-15(4-1-5-16)12(11)6-10/h2-3,6,8,16H,1,4-5H2. The molecule has 1 heterocycles. The maximum Gasteiger partial charge on any atom is 0.101 e. The van der Waals surface area contributed by atoms with Crippen molar-refractivity contribution >= 4 is 26.8 Å². The van der Waals surface area contributed by atoms with E-state index in [0.29, 0.717) is 12.0 Å². The molecule has 1 aromatic heterocycles. The fourth-order valence-corrected chi connectivity index (χ4v) is 2.13. The number of rotatable bonds is 3. The Morgan fingerprint density at radius 1 is 1.44 bits per heavy atom. The van der Waals surface area contributed by atoms with Crippen molar-refractivity contribution in [3.05, 3.63) is 34.4 Å². The van der Waals surface area contributed by atoms with Gasteiger partial charge in [0.05, 0.1) is 11.1 Å². The van der Waals surface area contributed by atoms with E-state index in [1.165, 1.54) is 0 Å². The van der Waals surface area contributed by atoms with Crippen molar-refractivity contribution in [3.8, 4) is 6.07 Å². The molecule has 0 amide bonds. The third-order valence-electron chi connectivity index (χ3n) is 2.52. The first-order valence-electron chi connectivity index (χ1n) is 5.05. The van der Waals surface area contributed by atoms with Crippen LogP contribution < -0.4 is 0 Å². The van der Waals surface area contributed by atoms with Crippen LogP contribution in [0.25, 0.3) is 10.9 Å². The number of fused-ring (bicyclic) bond motifs is 1. The van der Waals surface area contributed by atoms with Crippen molar-refractivity contribution in [2.75, 3.05) is 6.61 Å². The second-order valence-corrected chi connectivity index (χ2v) is 4.50. The van der Waals surface area contributed by atoms with E-state index in [9.17, 15) is 0 Å². The quantitative estimate of drug-likeness (QED) is 0.939. The average Bonchev–Trinajstić information content (AvgIpc) is 2.64. The molecule has 3 nitrogen and oxygen atoms in total. The number of hydrogen-bond donors (Lipinski definition) is 1. The van der Waals surface area contributed by atoms with Crippen LogP contribution in [-0.4, -0.2) is 16.3 Å². The molecule has 0 saturated heterocycles. The molecule has 0 aliphatic rings. The zero-order valence-electron chi connectivity index (χ0n) is 8.65. The molecule has 2 rings (SSSR count). The summed E-state index contributed by atoms with van der Waals surface area (Å²) in [4.78, 5) is 0. The van der Waals surface area contributed by atoms with Crippen LogP contribution in [0.5, 0.6) is 0 Å². The van der Waals surface area contributed by atoms with E-state index in [4.69, 9.17) is 10.4 Å². The van der Waals surface area contributed by atoms with Crippen LogP contribution >= 0.6 is 15.9 Å². The minimum Gasteiger partial charge on any atom is -0.396 e. The predicted octanol–water partition coefficient (Wildman–Crippen LogP) is 2.66. The second-order valence-electron chi connectivity index (χ2n) is 3.59. The fraction of sp³-hybridized carbons (Fsp3) is 0.250. The summed E-state index contributed by atoms with van der Waals surface area (Å²) in [7, 11) is 0. The van der Waals surface area contributed by atoms with E-state index in [1.807, 2.05) is 29.0 Å². The second kappa shape index (κ2) is 4.69. The number of benzene rings is 1. The van der Waals surface area contributed by atoms with Gasteiger partial charge < -0.3 is 9.67 Å². The molecular formula is C12H11BrN2O. The molecule has 16 heavy (non-hydrogen) atoms. The molecular weight excluding hydrogens is 268 g/mol. The van der Waals surface area contributed by atoms with Gasteiger partial charge in [0.2, 0.25) is 0 Å². The predicted molar refractivity (Wildman–Crippen MR) is 66.1 cm³/mol. The number of halogens is 1. The summed E-state index contributed by atoms with van der Waals surface area (Å²) in [6.45, 7) is 0.890. The molecule has 0 atom stereocenters. The molecule has 0 saturated carbocycles. The summed E-state index contributed by atoms with van der Waals surface area (Å²) in [5, 5.41) is 18.8.